The summed E-state index contributed by atoms with van der Waals surface area (Å²) in [5.41, 5.74) is 1.30. The van der Waals surface area contributed by atoms with Gasteiger partial charge in [-0.2, -0.15) is 0 Å². The molecule has 0 bridgehead atoms. The molecule has 1 heterocycles. The van der Waals surface area contributed by atoms with E-state index in [1.807, 2.05) is 0 Å². The number of fused-ring (bicyclic) bond motifs is 1. The van der Waals surface area contributed by atoms with Gasteiger partial charge in [0.2, 0.25) is 0 Å². The molecule has 2 unspecified atom stereocenters. The molecule has 110 valence electrons. The zero-order chi connectivity index (χ0) is 13.9. The third kappa shape index (κ3) is 2.57. The molecule has 20 heavy (non-hydrogen) atoms. The largest absolute Gasteiger partial charge is 0.492 e. The smallest absolute Gasteiger partial charge is 0.124 e. The normalized spacial score (nSPS) is 25.9. The van der Waals surface area contributed by atoms with E-state index in [0.29, 0.717) is 12.1 Å². The molecule has 1 aliphatic carbocycles. The van der Waals surface area contributed by atoms with Crippen molar-refractivity contribution >= 4 is 0 Å². The summed E-state index contributed by atoms with van der Waals surface area (Å²) in [6.45, 7) is 5.39. The van der Waals surface area contributed by atoms with Crippen LogP contribution in [-0.4, -0.2) is 37.7 Å². The Labute approximate surface area is 122 Å². The van der Waals surface area contributed by atoms with Crippen LogP contribution in [0, 0.1) is 5.92 Å². The van der Waals surface area contributed by atoms with Crippen LogP contribution in [0.2, 0.25) is 0 Å². The van der Waals surface area contributed by atoms with E-state index in [4.69, 9.17) is 4.74 Å². The number of para-hydroxylation sites is 1. The summed E-state index contributed by atoms with van der Waals surface area (Å²) in [5, 5.41) is 3.51. The van der Waals surface area contributed by atoms with Crippen molar-refractivity contribution in [3.8, 4) is 5.75 Å². The van der Waals surface area contributed by atoms with Gasteiger partial charge in [0.1, 0.15) is 12.4 Å². The molecule has 3 heteroatoms. The second kappa shape index (κ2) is 6.15. The quantitative estimate of drug-likeness (QED) is 0.893. The summed E-state index contributed by atoms with van der Waals surface area (Å²) in [5.74, 6) is 1.95. The van der Waals surface area contributed by atoms with E-state index < -0.39 is 0 Å². The van der Waals surface area contributed by atoms with Crippen LogP contribution < -0.4 is 10.1 Å². The molecule has 1 aromatic carbocycles. The van der Waals surface area contributed by atoms with Crippen LogP contribution in [0.3, 0.4) is 0 Å². The van der Waals surface area contributed by atoms with Gasteiger partial charge in [0, 0.05) is 12.1 Å². The lowest BCUT2D eigenvalue weighted by molar-refractivity contribution is 0.0659. The van der Waals surface area contributed by atoms with Crippen LogP contribution >= 0.6 is 0 Å². The highest BCUT2D eigenvalue weighted by atomic mass is 16.5. The van der Waals surface area contributed by atoms with Gasteiger partial charge in [-0.15, -0.1) is 0 Å². The predicted molar refractivity (Wildman–Crippen MR) is 82.1 cm³/mol. The number of ether oxygens (including phenoxy) is 1. The minimum atomic E-state index is 0.375. The van der Waals surface area contributed by atoms with Crippen LogP contribution in [0.5, 0.6) is 5.75 Å². The summed E-state index contributed by atoms with van der Waals surface area (Å²) in [7, 11) is 2.07. The van der Waals surface area contributed by atoms with Crippen molar-refractivity contribution in [2.75, 3.05) is 26.7 Å². The molecular weight excluding hydrogens is 248 g/mol. The second-order valence-electron chi connectivity index (χ2n) is 6.07. The molecule has 2 aliphatic rings. The van der Waals surface area contributed by atoms with Crippen LogP contribution in [0.25, 0.3) is 0 Å². The van der Waals surface area contributed by atoms with Crippen LogP contribution in [0.1, 0.15) is 37.8 Å². The molecule has 1 N–H and O–H groups in total. The molecular formula is C17H26N2O. The molecule has 0 saturated heterocycles. The number of rotatable bonds is 5. The highest BCUT2D eigenvalue weighted by molar-refractivity contribution is 5.38. The van der Waals surface area contributed by atoms with Gasteiger partial charge in [0.15, 0.2) is 0 Å². The zero-order valence-corrected chi connectivity index (χ0v) is 12.6. The first-order valence-corrected chi connectivity index (χ1v) is 7.96. The summed E-state index contributed by atoms with van der Waals surface area (Å²) >= 11 is 0. The fraction of sp³-hybridized carbons (Fsp3) is 0.647. The van der Waals surface area contributed by atoms with Crippen molar-refractivity contribution in [1.29, 1.82) is 0 Å². The van der Waals surface area contributed by atoms with E-state index in [-0.39, 0.29) is 0 Å². The lowest BCUT2D eigenvalue weighted by Crippen LogP contribution is -2.51. The molecule has 0 spiro atoms. The molecule has 3 rings (SSSR count). The average Bonchev–Trinajstić information content (AvgIpc) is 2.45. The van der Waals surface area contributed by atoms with Crippen LogP contribution in [0.4, 0.5) is 0 Å². The lowest BCUT2D eigenvalue weighted by Gasteiger charge is -2.42. The Balaban J connectivity index is 1.78. The van der Waals surface area contributed by atoms with Gasteiger partial charge in [0.05, 0.1) is 12.1 Å². The van der Waals surface area contributed by atoms with Crippen molar-refractivity contribution in [3.05, 3.63) is 29.8 Å². The number of benzene rings is 1. The predicted octanol–water partition coefficient (Wildman–Crippen LogP) is 2.83. The third-order valence-corrected chi connectivity index (χ3v) is 4.95. The first-order valence-electron chi connectivity index (χ1n) is 7.96. The molecule has 1 aromatic rings. The van der Waals surface area contributed by atoms with E-state index in [9.17, 15) is 0 Å². The van der Waals surface area contributed by atoms with Gasteiger partial charge in [-0.25, -0.2) is 0 Å². The van der Waals surface area contributed by atoms with Crippen molar-refractivity contribution in [2.45, 2.75) is 38.3 Å². The summed E-state index contributed by atoms with van der Waals surface area (Å²) in [6, 6.07) is 9.26. The fourth-order valence-electron chi connectivity index (χ4n) is 3.52. The molecule has 1 aliphatic heterocycles. The summed E-state index contributed by atoms with van der Waals surface area (Å²) in [6.07, 6.45) is 4.23. The van der Waals surface area contributed by atoms with Crippen LogP contribution in [-0.2, 0) is 0 Å². The summed E-state index contributed by atoms with van der Waals surface area (Å²) in [4.78, 5) is 2.61. The van der Waals surface area contributed by atoms with Crippen LogP contribution in [0.15, 0.2) is 24.3 Å². The Morgan fingerprint density at radius 2 is 2.10 bits per heavy atom. The average molecular weight is 274 g/mol. The molecule has 3 nitrogen and oxygen atoms in total. The topological polar surface area (TPSA) is 24.5 Å². The van der Waals surface area contributed by atoms with E-state index in [1.54, 1.807) is 0 Å². The van der Waals surface area contributed by atoms with Crippen molar-refractivity contribution in [2.24, 2.45) is 5.92 Å². The minimum Gasteiger partial charge on any atom is -0.492 e. The van der Waals surface area contributed by atoms with Gasteiger partial charge in [0.25, 0.3) is 0 Å². The maximum absolute atomic E-state index is 6.00. The Morgan fingerprint density at radius 1 is 1.30 bits per heavy atom. The van der Waals surface area contributed by atoms with Crippen molar-refractivity contribution < 1.29 is 4.74 Å². The highest BCUT2D eigenvalue weighted by Crippen LogP contribution is 2.35. The maximum atomic E-state index is 6.00. The maximum Gasteiger partial charge on any atom is 0.124 e. The zero-order valence-electron chi connectivity index (χ0n) is 12.6. The Kier molecular flexibility index (Phi) is 4.27. The number of nitrogens with one attached hydrogen (secondary N) is 1. The molecule has 0 aromatic heterocycles. The summed E-state index contributed by atoms with van der Waals surface area (Å²) < 4.78 is 6.00. The van der Waals surface area contributed by atoms with Crippen molar-refractivity contribution in [3.63, 3.8) is 0 Å². The molecule has 0 amide bonds. The van der Waals surface area contributed by atoms with Gasteiger partial charge >= 0.3 is 0 Å². The number of hydrogen-bond donors (Lipinski definition) is 1. The highest BCUT2D eigenvalue weighted by Gasteiger charge is 2.34. The van der Waals surface area contributed by atoms with Gasteiger partial charge < -0.3 is 10.1 Å². The Bertz CT molecular complexity index is 444. The number of likely N-dealkylation sites (N-methyl/N-ethyl adjacent to an activating group) is 2. The monoisotopic (exact) mass is 274 g/mol. The van der Waals surface area contributed by atoms with E-state index in [0.717, 1.165) is 24.8 Å². The second-order valence-corrected chi connectivity index (χ2v) is 6.07. The van der Waals surface area contributed by atoms with Gasteiger partial charge in [-0.3, -0.25) is 4.90 Å². The first kappa shape index (κ1) is 13.9. The third-order valence-electron chi connectivity index (χ3n) is 4.95. The van der Waals surface area contributed by atoms with E-state index in [2.05, 4.69) is 48.5 Å². The minimum absolute atomic E-state index is 0.375. The van der Waals surface area contributed by atoms with E-state index in [1.165, 1.54) is 31.4 Å². The molecule has 0 radical (unpaired) electrons. The Hall–Kier alpha value is -1.06. The van der Waals surface area contributed by atoms with Gasteiger partial charge in [-0.1, -0.05) is 31.5 Å². The van der Waals surface area contributed by atoms with E-state index >= 15 is 0 Å². The SMILES string of the molecule is CCN(CC1CCC1)C1COc2ccccc2C1NC. The molecule has 2 atom stereocenters. The molecule has 1 saturated carbocycles. The number of hydrogen-bond acceptors (Lipinski definition) is 3. The fourth-order valence-corrected chi connectivity index (χ4v) is 3.52. The van der Waals surface area contributed by atoms with Crippen molar-refractivity contribution in [1.82, 2.24) is 10.2 Å². The number of nitrogens with zero attached hydrogens (tertiary/aromatic N) is 1. The molecule has 1 fully saturated rings. The standard InChI is InChI=1S/C17H26N2O/c1-3-19(11-13-7-6-8-13)15-12-20-16-10-5-4-9-14(16)17(15)18-2/h4-5,9-10,13,15,17-18H,3,6-8,11-12H2,1-2H3. The van der Waals surface area contributed by atoms with Gasteiger partial charge in [-0.05, 0) is 38.4 Å². The Morgan fingerprint density at radius 3 is 2.75 bits per heavy atom. The lowest BCUT2D eigenvalue weighted by atomic mass is 9.84. The first-order chi connectivity index (χ1) is 9.83.